The minimum Gasteiger partial charge on any atom is -0.481 e. The van der Waals surface area contributed by atoms with Crippen molar-refractivity contribution >= 4 is 23.6 Å². The van der Waals surface area contributed by atoms with Crippen LogP contribution in [-0.4, -0.2) is 47.0 Å². The lowest BCUT2D eigenvalue weighted by molar-refractivity contribution is -0.137. The molecular weight excluding hydrogens is 372 g/mol. The van der Waals surface area contributed by atoms with Crippen LogP contribution in [0, 0.1) is 6.92 Å². The molecule has 0 aliphatic heterocycles. The molecule has 4 N–H and O–H groups in total. The summed E-state index contributed by atoms with van der Waals surface area (Å²) in [6.45, 7) is 7.92. The van der Waals surface area contributed by atoms with Gasteiger partial charge >= 0.3 is 5.97 Å². The number of carbonyl (C=O) groups is 3. The molecule has 1 aromatic heterocycles. The molecule has 8 heteroatoms. The lowest BCUT2D eigenvalue weighted by Crippen LogP contribution is -2.43. The van der Waals surface area contributed by atoms with Crippen molar-refractivity contribution in [2.75, 3.05) is 18.4 Å². The first kappa shape index (κ1) is 23.9. The van der Waals surface area contributed by atoms with Crippen LogP contribution in [0.1, 0.15) is 38.2 Å². The van der Waals surface area contributed by atoms with E-state index in [1.807, 2.05) is 32.1 Å². The van der Waals surface area contributed by atoms with Crippen molar-refractivity contribution in [1.29, 1.82) is 0 Å². The van der Waals surface area contributed by atoms with Gasteiger partial charge in [0.25, 0.3) is 0 Å². The van der Waals surface area contributed by atoms with Crippen molar-refractivity contribution in [3.8, 4) is 0 Å². The van der Waals surface area contributed by atoms with Crippen molar-refractivity contribution in [2.45, 2.75) is 45.6 Å². The number of nitrogens with zero attached hydrogens (tertiary/aromatic N) is 1. The van der Waals surface area contributed by atoms with E-state index in [0.717, 1.165) is 11.4 Å². The van der Waals surface area contributed by atoms with Crippen LogP contribution in [0.25, 0.3) is 0 Å². The van der Waals surface area contributed by atoms with Gasteiger partial charge in [0.15, 0.2) is 0 Å². The van der Waals surface area contributed by atoms with Gasteiger partial charge in [-0.1, -0.05) is 25.7 Å². The van der Waals surface area contributed by atoms with E-state index in [4.69, 9.17) is 5.11 Å². The topological polar surface area (TPSA) is 120 Å². The second-order valence-electron chi connectivity index (χ2n) is 6.56. The zero-order valence-electron chi connectivity index (χ0n) is 17.0. The van der Waals surface area contributed by atoms with E-state index in [2.05, 4.69) is 27.5 Å². The maximum atomic E-state index is 12.1. The second-order valence-corrected chi connectivity index (χ2v) is 6.56. The maximum Gasteiger partial charge on any atom is 0.305 e. The van der Waals surface area contributed by atoms with Crippen LogP contribution in [0.3, 0.4) is 0 Å². The monoisotopic (exact) mass is 402 g/mol. The van der Waals surface area contributed by atoms with Crippen molar-refractivity contribution in [2.24, 2.45) is 0 Å². The van der Waals surface area contributed by atoms with E-state index in [1.165, 1.54) is 6.08 Å². The Morgan fingerprint density at radius 3 is 2.69 bits per heavy atom. The van der Waals surface area contributed by atoms with E-state index in [-0.39, 0.29) is 25.3 Å². The lowest BCUT2D eigenvalue weighted by Gasteiger charge is -2.18. The predicted octanol–water partition coefficient (Wildman–Crippen LogP) is 2.18. The molecule has 0 bridgehead atoms. The molecule has 1 heterocycles. The minimum absolute atomic E-state index is 0.210. The molecule has 0 saturated heterocycles. The molecule has 0 aliphatic rings. The van der Waals surface area contributed by atoms with E-state index in [1.54, 1.807) is 6.20 Å². The van der Waals surface area contributed by atoms with Crippen LogP contribution < -0.4 is 16.0 Å². The average molecular weight is 402 g/mol. The predicted molar refractivity (Wildman–Crippen MR) is 112 cm³/mol. The number of pyridine rings is 1. The zero-order valence-corrected chi connectivity index (χ0v) is 17.0. The number of carbonyl (C=O) groups excluding carboxylic acids is 2. The van der Waals surface area contributed by atoms with E-state index in [0.29, 0.717) is 25.0 Å². The fourth-order valence-corrected chi connectivity index (χ4v) is 2.64. The van der Waals surface area contributed by atoms with Crippen LogP contribution in [0.5, 0.6) is 0 Å². The minimum atomic E-state index is -1.03. The fraction of sp³-hybridized carbons (Fsp3) is 0.429. The molecule has 0 spiro atoms. The van der Waals surface area contributed by atoms with E-state index in [9.17, 15) is 14.4 Å². The summed E-state index contributed by atoms with van der Waals surface area (Å²) >= 11 is 0. The van der Waals surface area contributed by atoms with Gasteiger partial charge in [-0.05, 0) is 43.0 Å². The number of rotatable bonds is 13. The third-order valence-corrected chi connectivity index (χ3v) is 4.04. The molecule has 0 unspecified atom stereocenters. The second kappa shape index (κ2) is 13.1. The van der Waals surface area contributed by atoms with Crippen LogP contribution in [-0.2, 0) is 14.4 Å². The van der Waals surface area contributed by atoms with Gasteiger partial charge in [-0.3, -0.25) is 14.4 Å². The van der Waals surface area contributed by atoms with Gasteiger partial charge in [0.05, 0.1) is 19.0 Å². The van der Waals surface area contributed by atoms with Crippen molar-refractivity contribution in [3.63, 3.8) is 0 Å². The van der Waals surface area contributed by atoms with Crippen LogP contribution in [0.2, 0.25) is 0 Å². The summed E-state index contributed by atoms with van der Waals surface area (Å²) in [5.74, 6) is -0.969. The Bertz CT molecular complexity index is 746. The summed E-state index contributed by atoms with van der Waals surface area (Å²) in [6, 6.07) is 3.14. The average Bonchev–Trinajstić information content (AvgIpc) is 2.67. The van der Waals surface area contributed by atoms with Crippen LogP contribution >= 0.6 is 0 Å². The molecule has 1 atom stereocenters. The molecular formula is C21H30N4O4. The number of aryl methyl sites for hydroxylation is 1. The van der Waals surface area contributed by atoms with Crippen LogP contribution in [0.15, 0.2) is 42.6 Å². The Balaban J connectivity index is 2.37. The molecule has 158 valence electrons. The highest BCUT2D eigenvalue weighted by molar-refractivity contribution is 5.85. The molecule has 0 aromatic carbocycles. The highest BCUT2D eigenvalue weighted by Gasteiger charge is 2.18. The Kier molecular flexibility index (Phi) is 10.8. The molecule has 0 saturated carbocycles. The zero-order chi connectivity index (χ0) is 21.6. The maximum absolute atomic E-state index is 12.1. The van der Waals surface area contributed by atoms with Crippen molar-refractivity contribution in [1.82, 2.24) is 15.6 Å². The highest BCUT2D eigenvalue weighted by Crippen LogP contribution is 2.09. The molecule has 8 nitrogen and oxygen atoms in total. The Morgan fingerprint density at radius 2 is 2.07 bits per heavy atom. The third-order valence-electron chi connectivity index (χ3n) is 4.04. The molecule has 0 aliphatic carbocycles. The number of allylic oxidation sites excluding steroid dienone is 1. The molecule has 2 amide bonds. The quantitative estimate of drug-likeness (QED) is 0.296. The standard InChI is InChI=1S/C21H30N4O4/c1-4-7-16(5-2)17(13-21(28)29)25-20(27)14-24-19(26)8-6-10-22-18-12-15(3)9-11-23-18/h5,7,9,11-12,17H,2,4,6,8,10,13-14H2,1,3H3,(H,22,23)(H,24,26)(H,25,27)(H,28,29)/b16-7+/t17-/m0/s1. The number of aliphatic carboxylic acids is 1. The Hall–Kier alpha value is -3.16. The highest BCUT2D eigenvalue weighted by atomic mass is 16.4. The first-order valence-electron chi connectivity index (χ1n) is 9.62. The SMILES string of the molecule is C=C/C(=C\CC)[C@H](CC(=O)O)NC(=O)CNC(=O)CCCNc1cc(C)ccn1. The van der Waals surface area contributed by atoms with Gasteiger partial charge in [0, 0.05) is 19.2 Å². The number of carboxylic acid groups (broad SMARTS) is 1. The third kappa shape index (κ3) is 10.1. The molecule has 29 heavy (non-hydrogen) atoms. The Morgan fingerprint density at radius 1 is 1.31 bits per heavy atom. The van der Waals surface area contributed by atoms with E-state index < -0.39 is 17.9 Å². The number of anilines is 1. The van der Waals surface area contributed by atoms with Gasteiger partial charge < -0.3 is 21.1 Å². The van der Waals surface area contributed by atoms with Gasteiger partial charge in [-0.25, -0.2) is 4.98 Å². The molecule has 1 rings (SSSR count). The normalized spacial score (nSPS) is 12.0. The van der Waals surface area contributed by atoms with Gasteiger partial charge in [0.1, 0.15) is 5.82 Å². The number of aromatic nitrogens is 1. The molecule has 1 aromatic rings. The van der Waals surface area contributed by atoms with Gasteiger partial charge in [-0.2, -0.15) is 0 Å². The van der Waals surface area contributed by atoms with Gasteiger partial charge in [-0.15, -0.1) is 0 Å². The summed E-state index contributed by atoms with van der Waals surface area (Å²) in [7, 11) is 0. The summed E-state index contributed by atoms with van der Waals surface area (Å²) in [5, 5.41) is 17.4. The summed E-state index contributed by atoms with van der Waals surface area (Å²) in [4.78, 5) is 39.3. The first-order chi connectivity index (χ1) is 13.8. The van der Waals surface area contributed by atoms with Crippen molar-refractivity contribution < 1.29 is 19.5 Å². The number of hydrogen-bond donors (Lipinski definition) is 4. The lowest BCUT2D eigenvalue weighted by atomic mass is 10.0. The number of amides is 2. The summed E-state index contributed by atoms with van der Waals surface area (Å²) in [5.41, 5.74) is 1.74. The molecule has 0 fully saturated rings. The van der Waals surface area contributed by atoms with Crippen LogP contribution in [0.4, 0.5) is 5.82 Å². The molecule has 0 radical (unpaired) electrons. The Labute approximate surface area is 171 Å². The van der Waals surface area contributed by atoms with E-state index >= 15 is 0 Å². The number of hydrogen-bond acceptors (Lipinski definition) is 5. The number of carboxylic acids is 1. The van der Waals surface area contributed by atoms with Crippen molar-refractivity contribution in [3.05, 3.63) is 48.2 Å². The largest absolute Gasteiger partial charge is 0.481 e. The number of nitrogens with one attached hydrogen (secondary N) is 3. The smallest absolute Gasteiger partial charge is 0.305 e. The first-order valence-corrected chi connectivity index (χ1v) is 9.62. The fourth-order valence-electron chi connectivity index (χ4n) is 2.64. The van der Waals surface area contributed by atoms with Gasteiger partial charge in [0.2, 0.25) is 11.8 Å². The summed E-state index contributed by atoms with van der Waals surface area (Å²) < 4.78 is 0. The summed E-state index contributed by atoms with van der Waals surface area (Å²) in [6.07, 6.45) is 6.35.